The first-order chi connectivity index (χ1) is 12.7. The highest BCUT2D eigenvalue weighted by atomic mass is 19.4. The minimum absolute atomic E-state index is 0.0124. The van der Waals surface area contributed by atoms with Gasteiger partial charge in [0.05, 0.1) is 5.56 Å². The third kappa shape index (κ3) is 4.43. The highest BCUT2D eigenvalue weighted by Gasteiger charge is 2.45. The number of alkyl halides is 3. The summed E-state index contributed by atoms with van der Waals surface area (Å²) >= 11 is 0. The summed E-state index contributed by atoms with van der Waals surface area (Å²) < 4.78 is 38.0. The van der Waals surface area contributed by atoms with Crippen molar-refractivity contribution in [2.45, 2.75) is 25.1 Å². The molecule has 2 aromatic carbocycles. The number of amides is 1. The monoisotopic (exact) mass is 376 g/mol. The first-order valence-electron chi connectivity index (χ1n) is 8.85. The molecule has 0 spiro atoms. The third-order valence-electron chi connectivity index (χ3n) is 5.02. The maximum Gasteiger partial charge on any atom is 0.416 e. The van der Waals surface area contributed by atoms with Crippen molar-refractivity contribution in [3.63, 3.8) is 0 Å². The molecule has 2 unspecified atom stereocenters. The molecule has 2 atom stereocenters. The molecule has 3 nitrogen and oxygen atoms in total. The molecule has 0 aliphatic heterocycles. The molecule has 6 heteroatoms. The van der Waals surface area contributed by atoms with E-state index in [4.69, 9.17) is 0 Å². The van der Waals surface area contributed by atoms with Gasteiger partial charge in [-0.15, -0.1) is 0 Å². The zero-order valence-electron chi connectivity index (χ0n) is 15.6. The van der Waals surface area contributed by atoms with E-state index in [2.05, 4.69) is 0 Å². The number of rotatable bonds is 5. The predicted octanol–water partition coefficient (Wildman–Crippen LogP) is 4.53. The van der Waals surface area contributed by atoms with Crippen LogP contribution in [-0.4, -0.2) is 32.0 Å². The standard InChI is InChI=1S/C21H23F3N2O/c1-25(2)17-10-4-14(5-11-17)13-26(3)20(27)19-12-18(19)15-6-8-16(9-7-15)21(22,23)24/h4-11,18-19H,12-13H2,1-3H3. The summed E-state index contributed by atoms with van der Waals surface area (Å²) in [7, 11) is 5.71. The van der Waals surface area contributed by atoms with Gasteiger partial charge in [0.1, 0.15) is 0 Å². The summed E-state index contributed by atoms with van der Waals surface area (Å²) in [5.74, 6) is -0.0947. The average Bonchev–Trinajstić information content (AvgIpc) is 3.41. The van der Waals surface area contributed by atoms with Crippen molar-refractivity contribution in [3.05, 3.63) is 65.2 Å². The largest absolute Gasteiger partial charge is 0.416 e. The van der Waals surface area contributed by atoms with Crippen molar-refractivity contribution in [1.82, 2.24) is 4.90 Å². The van der Waals surface area contributed by atoms with Crippen LogP contribution in [0, 0.1) is 5.92 Å². The molecule has 0 saturated heterocycles. The molecule has 2 aromatic rings. The van der Waals surface area contributed by atoms with Gasteiger partial charge in [0.15, 0.2) is 0 Å². The Hall–Kier alpha value is -2.50. The summed E-state index contributed by atoms with van der Waals surface area (Å²) in [4.78, 5) is 16.3. The number of benzene rings is 2. The van der Waals surface area contributed by atoms with Crippen molar-refractivity contribution in [2.75, 3.05) is 26.0 Å². The van der Waals surface area contributed by atoms with E-state index in [0.29, 0.717) is 13.0 Å². The summed E-state index contributed by atoms with van der Waals surface area (Å²) in [5.41, 5.74) is 2.28. The minimum atomic E-state index is -4.33. The van der Waals surface area contributed by atoms with Crippen LogP contribution in [0.25, 0.3) is 0 Å². The second-order valence-corrected chi connectivity index (χ2v) is 7.32. The van der Waals surface area contributed by atoms with Crippen LogP contribution < -0.4 is 4.90 Å². The van der Waals surface area contributed by atoms with Crippen molar-refractivity contribution in [2.24, 2.45) is 5.92 Å². The Kier molecular flexibility index (Phi) is 5.18. The molecule has 1 aliphatic rings. The maximum atomic E-state index is 12.7. The lowest BCUT2D eigenvalue weighted by Crippen LogP contribution is -2.28. The van der Waals surface area contributed by atoms with Crippen LogP contribution in [0.1, 0.15) is 29.0 Å². The van der Waals surface area contributed by atoms with Gasteiger partial charge in [-0.2, -0.15) is 13.2 Å². The predicted molar refractivity (Wildman–Crippen MR) is 99.5 cm³/mol. The molecule has 3 rings (SSSR count). The molecular formula is C21H23F3N2O. The van der Waals surface area contributed by atoms with E-state index in [1.54, 1.807) is 11.9 Å². The quantitative estimate of drug-likeness (QED) is 0.765. The van der Waals surface area contributed by atoms with E-state index < -0.39 is 11.7 Å². The van der Waals surface area contributed by atoms with Crippen LogP contribution in [0.5, 0.6) is 0 Å². The van der Waals surface area contributed by atoms with Gasteiger partial charge in [-0.25, -0.2) is 0 Å². The number of nitrogens with zero attached hydrogens (tertiary/aromatic N) is 2. The van der Waals surface area contributed by atoms with Gasteiger partial charge in [-0.05, 0) is 47.7 Å². The van der Waals surface area contributed by atoms with E-state index in [1.807, 2.05) is 43.3 Å². The van der Waals surface area contributed by atoms with Crippen LogP contribution in [0.3, 0.4) is 0 Å². The van der Waals surface area contributed by atoms with Gasteiger partial charge >= 0.3 is 6.18 Å². The first kappa shape index (κ1) is 19.3. The Morgan fingerprint density at radius 3 is 2.11 bits per heavy atom. The van der Waals surface area contributed by atoms with E-state index in [0.717, 1.165) is 28.9 Å². The number of carbonyl (C=O) groups excluding carboxylic acids is 1. The second-order valence-electron chi connectivity index (χ2n) is 7.32. The van der Waals surface area contributed by atoms with E-state index >= 15 is 0 Å². The molecule has 1 amide bonds. The fraction of sp³-hybridized carbons (Fsp3) is 0.381. The van der Waals surface area contributed by atoms with Crippen molar-refractivity contribution in [3.8, 4) is 0 Å². The van der Waals surface area contributed by atoms with Gasteiger partial charge in [0, 0.05) is 39.3 Å². The molecule has 0 N–H and O–H groups in total. The van der Waals surface area contributed by atoms with E-state index in [1.165, 1.54) is 12.1 Å². The van der Waals surface area contributed by atoms with Gasteiger partial charge in [-0.3, -0.25) is 4.79 Å². The normalized spacial score (nSPS) is 18.9. The highest BCUT2D eigenvalue weighted by Crippen LogP contribution is 2.48. The first-order valence-corrected chi connectivity index (χ1v) is 8.85. The van der Waals surface area contributed by atoms with Crippen molar-refractivity contribution in [1.29, 1.82) is 0 Å². The Labute approximate surface area is 157 Å². The summed E-state index contributed by atoms with van der Waals surface area (Å²) in [6, 6.07) is 13.2. The highest BCUT2D eigenvalue weighted by molar-refractivity contribution is 5.82. The molecule has 0 heterocycles. The fourth-order valence-electron chi connectivity index (χ4n) is 3.29. The lowest BCUT2D eigenvalue weighted by molar-refractivity contribution is -0.137. The lowest BCUT2D eigenvalue weighted by atomic mass is 10.1. The maximum absolute atomic E-state index is 12.7. The van der Waals surface area contributed by atoms with Crippen LogP contribution in [0.4, 0.5) is 18.9 Å². The third-order valence-corrected chi connectivity index (χ3v) is 5.02. The van der Waals surface area contributed by atoms with Gasteiger partial charge in [0.25, 0.3) is 0 Å². The van der Waals surface area contributed by atoms with Crippen molar-refractivity contribution < 1.29 is 18.0 Å². The Bertz CT molecular complexity index is 798. The summed E-state index contributed by atoms with van der Waals surface area (Å²) in [5, 5.41) is 0. The molecule has 0 aromatic heterocycles. The van der Waals surface area contributed by atoms with Crippen LogP contribution in [0.2, 0.25) is 0 Å². The van der Waals surface area contributed by atoms with Gasteiger partial charge < -0.3 is 9.80 Å². The molecule has 0 bridgehead atoms. The average molecular weight is 376 g/mol. The van der Waals surface area contributed by atoms with Crippen molar-refractivity contribution >= 4 is 11.6 Å². The van der Waals surface area contributed by atoms with Gasteiger partial charge in [-0.1, -0.05) is 24.3 Å². The molecular weight excluding hydrogens is 353 g/mol. The minimum Gasteiger partial charge on any atom is -0.378 e. The molecule has 1 aliphatic carbocycles. The fourth-order valence-corrected chi connectivity index (χ4v) is 3.29. The van der Waals surface area contributed by atoms with E-state index in [9.17, 15) is 18.0 Å². The zero-order chi connectivity index (χ0) is 19.8. The molecule has 144 valence electrons. The molecule has 1 fully saturated rings. The Morgan fingerprint density at radius 1 is 1.00 bits per heavy atom. The number of hydrogen-bond donors (Lipinski definition) is 0. The molecule has 27 heavy (non-hydrogen) atoms. The van der Waals surface area contributed by atoms with Crippen LogP contribution in [0.15, 0.2) is 48.5 Å². The second kappa shape index (κ2) is 7.25. The topological polar surface area (TPSA) is 23.6 Å². The number of anilines is 1. The Morgan fingerprint density at radius 2 is 1.59 bits per heavy atom. The van der Waals surface area contributed by atoms with Gasteiger partial charge in [0.2, 0.25) is 5.91 Å². The number of hydrogen-bond acceptors (Lipinski definition) is 2. The molecule has 1 saturated carbocycles. The summed E-state index contributed by atoms with van der Waals surface area (Å²) in [6.07, 6.45) is -3.65. The van der Waals surface area contributed by atoms with Crippen LogP contribution >= 0.6 is 0 Å². The summed E-state index contributed by atoms with van der Waals surface area (Å²) in [6.45, 7) is 0.517. The lowest BCUT2D eigenvalue weighted by Gasteiger charge is -2.19. The van der Waals surface area contributed by atoms with Crippen LogP contribution in [-0.2, 0) is 17.5 Å². The smallest absolute Gasteiger partial charge is 0.378 e. The Balaban J connectivity index is 1.58. The SMILES string of the molecule is CN(Cc1ccc(N(C)C)cc1)C(=O)C1CC1c1ccc(C(F)(F)F)cc1. The van der Waals surface area contributed by atoms with E-state index in [-0.39, 0.29) is 17.7 Å². The zero-order valence-corrected chi connectivity index (χ0v) is 15.6. The molecule has 0 radical (unpaired) electrons. The number of carbonyl (C=O) groups is 1. The number of halogens is 3.